The summed E-state index contributed by atoms with van der Waals surface area (Å²) in [5, 5.41) is 5.98. The lowest BCUT2D eigenvalue weighted by molar-refractivity contribution is 0.207. The van der Waals surface area contributed by atoms with Crippen LogP contribution in [0.3, 0.4) is 0 Å². The number of hydrogen-bond donors (Lipinski definition) is 1. The van der Waals surface area contributed by atoms with Crippen LogP contribution in [0.15, 0.2) is 23.6 Å². The molecule has 136 valence electrons. The Morgan fingerprint density at radius 3 is 2.80 bits per heavy atom. The average Bonchev–Trinajstić information content (AvgIpc) is 3.00. The molecule has 0 bridgehead atoms. The maximum atomic E-state index is 12.2. The van der Waals surface area contributed by atoms with Gasteiger partial charge in [0.1, 0.15) is 0 Å². The highest BCUT2D eigenvalue weighted by Gasteiger charge is 2.11. The van der Waals surface area contributed by atoms with Gasteiger partial charge in [0.25, 0.3) is 0 Å². The van der Waals surface area contributed by atoms with Crippen LogP contribution in [0.4, 0.5) is 4.79 Å². The Hall–Kier alpha value is -2.28. The molecular weight excluding hydrogens is 338 g/mol. The molecule has 7 heteroatoms. The second-order valence-corrected chi connectivity index (χ2v) is 6.58. The van der Waals surface area contributed by atoms with E-state index in [1.807, 2.05) is 37.4 Å². The molecule has 0 fully saturated rings. The van der Waals surface area contributed by atoms with Crippen molar-refractivity contribution in [1.29, 1.82) is 0 Å². The molecule has 0 radical (unpaired) electrons. The van der Waals surface area contributed by atoms with E-state index in [9.17, 15) is 4.79 Å². The van der Waals surface area contributed by atoms with Crippen LogP contribution in [0.25, 0.3) is 0 Å². The van der Waals surface area contributed by atoms with Crippen molar-refractivity contribution in [3.63, 3.8) is 0 Å². The Morgan fingerprint density at radius 2 is 2.16 bits per heavy atom. The topological polar surface area (TPSA) is 63.7 Å². The quantitative estimate of drug-likeness (QED) is 0.782. The SMILES string of the molecule is CCOc1cc(CN(C)C(=O)NCCc2nc(C)cs2)ccc1OC. The number of aromatic nitrogens is 1. The van der Waals surface area contributed by atoms with Gasteiger partial charge in [0.15, 0.2) is 11.5 Å². The van der Waals surface area contributed by atoms with Gasteiger partial charge in [-0.05, 0) is 31.5 Å². The molecule has 6 nitrogen and oxygen atoms in total. The maximum absolute atomic E-state index is 12.2. The van der Waals surface area contributed by atoms with Gasteiger partial charge in [-0.3, -0.25) is 0 Å². The van der Waals surface area contributed by atoms with E-state index in [0.717, 1.165) is 22.7 Å². The number of aryl methyl sites for hydroxylation is 1. The highest BCUT2D eigenvalue weighted by atomic mass is 32.1. The van der Waals surface area contributed by atoms with Crippen LogP contribution in [0, 0.1) is 6.92 Å². The molecule has 1 N–H and O–H groups in total. The van der Waals surface area contributed by atoms with Crippen molar-refractivity contribution in [2.75, 3.05) is 27.3 Å². The highest BCUT2D eigenvalue weighted by Crippen LogP contribution is 2.28. The van der Waals surface area contributed by atoms with E-state index < -0.39 is 0 Å². The molecule has 0 saturated heterocycles. The fourth-order valence-electron chi connectivity index (χ4n) is 2.36. The van der Waals surface area contributed by atoms with E-state index >= 15 is 0 Å². The first kappa shape index (κ1) is 19.1. The van der Waals surface area contributed by atoms with Crippen LogP contribution < -0.4 is 14.8 Å². The maximum Gasteiger partial charge on any atom is 0.317 e. The van der Waals surface area contributed by atoms with E-state index in [2.05, 4.69) is 10.3 Å². The van der Waals surface area contributed by atoms with Crippen LogP contribution in [0.2, 0.25) is 0 Å². The molecular formula is C18H25N3O3S. The summed E-state index contributed by atoms with van der Waals surface area (Å²) in [5.41, 5.74) is 2.01. The molecule has 0 spiro atoms. The number of amides is 2. The molecule has 1 aromatic heterocycles. The minimum Gasteiger partial charge on any atom is -0.493 e. The lowest BCUT2D eigenvalue weighted by Crippen LogP contribution is -2.37. The normalized spacial score (nSPS) is 10.4. The van der Waals surface area contributed by atoms with Crippen molar-refractivity contribution in [2.24, 2.45) is 0 Å². The second kappa shape index (κ2) is 9.27. The van der Waals surface area contributed by atoms with Crippen molar-refractivity contribution in [1.82, 2.24) is 15.2 Å². The summed E-state index contributed by atoms with van der Waals surface area (Å²) < 4.78 is 10.9. The molecule has 0 atom stereocenters. The predicted molar refractivity (Wildman–Crippen MR) is 99.6 cm³/mol. The number of methoxy groups -OCH3 is 1. The Labute approximate surface area is 152 Å². The van der Waals surface area contributed by atoms with Crippen molar-refractivity contribution in [3.05, 3.63) is 39.8 Å². The third kappa shape index (κ3) is 5.63. The van der Waals surface area contributed by atoms with Crippen molar-refractivity contribution < 1.29 is 14.3 Å². The molecule has 0 aliphatic rings. The average molecular weight is 363 g/mol. The zero-order chi connectivity index (χ0) is 18.2. The molecule has 0 unspecified atom stereocenters. The monoisotopic (exact) mass is 363 g/mol. The lowest BCUT2D eigenvalue weighted by Gasteiger charge is -2.19. The minimum absolute atomic E-state index is 0.109. The molecule has 2 amide bonds. The summed E-state index contributed by atoms with van der Waals surface area (Å²) in [6.45, 7) is 5.52. The van der Waals surface area contributed by atoms with Crippen LogP contribution in [0.5, 0.6) is 11.5 Å². The standard InChI is InChI=1S/C18H25N3O3S/c1-5-24-16-10-14(6-7-15(16)23-4)11-21(3)18(22)19-9-8-17-20-13(2)12-25-17/h6-7,10,12H,5,8-9,11H2,1-4H3,(H,19,22). The Balaban J connectivity index is 1.86. The number of ether oxygens (including phenoxy) is 2. The van der Waals surface area contributed by atoms with E-state index in [4.69, 9.17) is 9.47 Å². The number of nitrogens with zero attached hydrogens (tertiary/aromatic N) is 2. The molecule has 1 heterocycles. The molecule has 2 aromatic rings. The first-order chi connectivity index (χ1) is 12.0. The largest absolute Gasteiger partial charge is 0.493 e. The first-order valence-corrected chi connectivity index (χ1v) is 9.11. The van der Waals surface area contributed by atoms with E-state index in [0.29, 0.717) is 31.2 Å². The highest BCUT2D eigenvalue weighted by molar-refractivity contribution is 7.09. The summed E-state index contributed by atoms with van der Waals surface area (Å²) in [6.07, 6.45) is 0.745. The van der Waals surface area contributed by atoms with Crippen LogP contribution in [-0.2, 0) is 13.0 Å². The number of benzene rings is 1. The van der Waals surface area contributed by atoms with Crippen molar-refractivity contribution >= 4 is 17.4 Å². The van der Waals surface area contributed by atoms with E-state index in [-0.39, 0.29) is 6.03 Å². The third-order valence-electron chi connectivity index (χ3n) is 3.58. The van der Waals surface area contributed by atoms with Crippen molar-refractivity contribution in [3.8, 4) is 11.5 Å². The molecule has 0 aliphatic heterocycles. The van der Waals surface area contributed by atoms with Gasteiger partial charge in [-0.25, -0.2) is 9.78 Å². The summed E-state index contributed by atoms with van der Waals surface area (Å²) in [4.78, 5) is 18.3. The van der Waals surface area contributed by atoms with Gasteiger partial charge >= 0.3 is 6.03 Å². The number of carbonyl (C=O) groups excluding carboxylic acids is 1. The number of urea groups is 1. The fourth-order valence-corrected chi connectivity index (χ4v) is 3.14. The molecule has 25 heavy (non-hydrogen) atoms. The first-order valence-electron chi connectivity index (χ1n) is 8.23. The fraction of sp³-hybridized carbons (Fsp3) is 0.444. The zero-order valence-corrected chi connectivity index (χ0v) is 16.0. The Kier molecular flexibility index (Phi) is 7.06. The summed E-state index contributed by atoms with van der Waals surface area (Å²) in [5.74, 6) is 1.38. The number of carbonyl (C=O) groups is 1. The van der Waals surface area contributed by atoms with Gasteiger partial charge in [-0.1, -0.05) is 6.07 Å². The second-order valence-electron chi connectivity index (χ2n) is 5.64. The molecule has 0 aliphatic carbocycles. The molecule has 2 rings (SSSR count). The molecule has 1 aromatic carbocycles. The van der Waals surface area contributed by atoms with Gasteiger partial charge in [0.05, 0.1) is 18.7 Å². The zero-order valence-electron chi connectivity index (χ0n) is 15.2. The molecule has 0 saturated carbocycles. The van der Waals surface area contributed by atoms with Crippen LogP contribution in [0.1, 0.15) is 23.2 Å². The van der Waals surface area contributed by atoms with E-state index in [1.165, 1.54) is 0 Å². The number of nitrogens with one attached hydrogen (secondary N) is 1. The predicted octanol–water partition coefficient (Wildman–Crippen LogP) is 3.24. The third-order valence-corrected chi connectivity index (χ3v) is 4.60. The van der Waals surface area contributed by atoms with Gasteiger partial charge in [0.2, 0.25) is 0 Å². The number of rotatable bonds is 8. The Bertz CT molecular complexity index is 703. The van der Waals surface area contributed by atoms with E-state index in [1.54, 1.807) is 30.4 Å². The lowest BCUT2D eigenvalue weighted by atomic mass is 10.2. The Morgan fingerprint density at radius 1 is 1.36 bits per heavy atom. The summed E-state index contributed by atoms with van der Waals surface area (Å²) >= 11 is 1.62. The summed E-state index contributed by atoms with van der Waals surface area (Å²) in [7, 11) is 3.38. The van der Waals surface area contributed by atoms with Gasteiger partial charge in [-0.15, -0.1) is 11.3 Å². The van der Waals surface area contributed by atoms with Gasteiger partial charge in [-0.2, -0.15) is 0 Å². The van der Waals surface area contributed by atoms with Crippen molar-refractivity contribution in [2.45, 2.75) is 26.8 Å². The number of hydrogen-bond acceptors (Lipinski definition) is 5. The smallest absolute Gasteiger partial charge is 0.317 e. The van der Waals surface area contributed by atoms with Gasteiger partial charge < -0.3 is 19.7 Å². The van der Waals surface area contributed by atoms with Gasteiger partial charge in [0, 0.05) is 37.6 Å². The number of thiazole rings is 1. The van der Waals surface area contributed by atoms with Crippen LogP contribution >= 0.6 is 11.3 Å². The van der Waals surface area contributed by atoms with Crippen LogP contribution in [-0.4, -0.2) is 43.2 Å². The summed E-state index contributed by atoms with van der Waals surface area (Å²) in [6, 6.07) is 5.59. The minimum atomic E-state index is -0.109.